The molecule has 2 heterocycles. The number of hydrazine groups is 1. The number of rotatable bonds is 3. The van der Waals surface area contributed by atoms with E-state index in [1.165, 1.54) is 44.0 Å². The maximum Gasteiger partial charge on any atom is 0.433 e. The minimum atomic E-state index is -4.71. The van der Waals surface area contributed by atoms with Crippen LogP contribution in [-0.4, -0.2) is 34.9 Å². The van der Waals surface area contributed by atoms with Crippen molar-refractivity contribution < 1.29 is 27.2 Å². The molecule has 1 aliphatic heterocycles. The third kappa shape index (κ3) is 4.13. The van der Waals surface area contributed by atoms with Gasteiger partial charge in [-0.3, -0.25) is 15.0 Å². The number of carbonyl (C=O) groups excluding carboxylic acids is 2. The third-order valence-electron chi connectivity index (χ3n) is 4.43. The number of carbonyl (C=O) groups is 2. The highest BCUT2D eigenvalue weighted by Crippen LogP contribution is 2.30. The van der Waals surface area contributed by atoms with Crippen LogP contribution in [0.4, 0.5) is 29.2 Å². The number of halogens is 4. The number of anilines is 2. The van der Waals surface area contributed by atoms with Gasteiger partial charge in [0.2, 0.25) is 11.9 Å². The number of aryl methyl sites for hydroxylation is 2. The van der Waals surface area contributed by atoms with Crippen molar-refractivity contribution in [3.63, 3.8) is 0 Å². The van der Waals surface area contributed by atoms with Crippen molar-refractivity contribution in [1.29, 1.82) is 0 Å². The predicted molar refractivity (Wildman–Crippen MR) is 95.3 cm³/mol. The molecule has 0 spiro atoms. The molecule has 1 saturated heterocycles. The molecule has 1 atom stereocenters. The maximum atomic E-state index is 13.5. The summed E-state index contributed by atoms with van der Waals surface area (Å²) >= 11 is 0. The van der Waals surface area contributed by atoms with E-state index in [1.807, 2.05) is 0 Å². The van der Waals surface area contributed by atoms with Crippen LogP contribution in [0.2, 0.25) is 0 Å². The van der Waals surface area contributed by atoms with E-state index in [-0.39, 0.29) is 12.1 Å². The first kappa shape index (κ1) is 20.5. The van der Waals surface area contributed by atoms with Crippen LogP contribution in [0.5, 0.6) is 0 Å². The Morgan fingerprint density at radius 3 is 2.55 bits per heavy atom. The molecule has 1 unspecified atom stereocenters. The Hall–Kier alpha value is -3.24. The normalized spacial score (nSPS) is 16.7. The molecule has 1 fully saturated rings. The van der Waals surface area contributed by atoms with Gasteiger partial charge in [0, 0.05) is 18.4 Å². The number of aromatic nitrogens is 2. The number of hydrogen-bond acceptors (Lipinski definition) is 5. The van der Waals surface area contributed by atoms with Crippen LogP contribution in [0.15, 0.2) is 24.3 Å². The van der Waals surface area contributed by atoms with E-state index in [0.717, 1.165) is 11.1 Å². The van der Waals surface area contributed by atoms with E-state index < -0.39 is 41.5 Å². The average molecular weight is 411 g/mol. The minimum absolute atomic E-state index is 0.0252. The molecular formula is C18H17F4N5O2. The van der Waals surface area contributed by atoms with E-state index >= 15 is 0 Å². The van der Waals surface area contributed by atoms with Crippen molar-refractivity contribution in [1.82, 2.24) is 15.4 Å². The van der Waals surface area contributed by atoms with Gasteiger partial charge in [-0.2, -0.15) is 13.2 Å². The lowest BCUT2D eigenvalue weighted by Gasteiger charge is -2.27. The molecule has 154 valence electrons. The molecule has 0 aliphatic carbocycles. The van der Waals surface area contributed by atoms with Gasteiger partial charge in [-0.25, -0.2) is 19.4 Å². The molecule has 2 aromatic rings. The minimum Gasteiger partial charge on any atom is -0.314 e. The van der Waals surface area contributed by atoms with Crippen LogP contribution >= 0.6 is 0 Å². The van der Waals surface area contributed by atoms with E-state index in [0.29, 0.717) is 11.3 Å². The van der Waals surface area contributed by atoms with Crippen molar-refractivity contribution in [2.75, 3.05) is 17.0 Å². The van der Waals surface area contributed by atoms with Crippen molar-refractivity contribution >= 4 is 23.5 Å². The number of nitrogens with zero attached hydrogens (tertiary/aromatic N) is 4. The fourth-order valence-electron chi connectivity index (χ4n) is 2.91. The molecule has 1 aromatic carbocycles. The Bertz CT molecular complexity index is 979. The Balaban J connectivity index is 1.94. The molecule has 3 rings (SSSR count). The maximum absolute atomic E-state index is 13.5. The number of amides is 2. The molecule has 0 saturated carbocycles. The van der Waals surface area contributed by atoms with Crippen LogP contribution in [0, 0.1) is 19.7 Å². The summed E-state index contributed by atoms with van der Waals surface area (Å²) < 4.78 is 52.8. The summed E-state index contributed by atoms with van der Waals surface area (Å²) in [6.45, 7) is 2.88. The van der Waals surface area contributed by atoms with Gasteiger partial charge < -0.3 is 4.90 Å². The second kappa shape index (κ2) is 7.30. The van der Waals surface area contributed by atoms with Gasteiger partial charge in [-0.05, 0) is 43.7 Å². The molecule has 1 aliphatic rings. The highest BCUT2D eigenvalue weighted by atomic mass is 19.4. The Labute approximate surface area is 163 Å². The van der Waals surface area contributed by atoms with Crippen molar-refractivity contribution in [3.05, 3.63) is 47.0 Å². The van der Waals surface area contributed by atoms with Gasteiger partial charge in [0.25, 0.3) is 5.91 Å². The van der Waals surface area contributed by atoms with E-state index in [9.17, 15) is 27.2 Å². The van der Waals surface area contributed by atoms with Crippen LogP contribution in [-0.2, 0) is 15.8 Å². The van der Waals surface area contributed by atoms with Gasteiger partial charge in [0.05, 0.1) is 6.42 Å². The topological polar surface area (TPSA) is 78.4 Å². The quantitative estimate of drug-likeness (QED) is 0.786. The highest BCUT2D eigenvalue weighted by molar-refractivity contribution is 6.03. The number of hydrogen-bond donors (Lipinski definition) is 1. The summed E-state index contributed by atoms with van der Waals surface area (Å²) in [6, 6.07) is 3.64. The number of likely N-dealkylation sites (N-methyl/N-ethyl adjacent to an activating group) is 1. The smallest absolute Gasteiger partial charge is 0.314 e. The van der Waals surface area contributed by atoms with Crippen molar-refractivity contribution in [3.8, 4) is 0 Å². The van der Waals surface area contributed by atoms with Crippen LogP contribution in [0.25, 0.3) is 0 Å². The summed E-state index contributed by atoms with van der Waals surface area (Å²) in [4.78, 5) is 33.5. The second-order valence-electron chi connectivity index (χ2n) is 6.65. The van der Waals surface area contributed by atoms with Gasteiger partial charge in [-0.15, -0.1) is 0 Å². The Kier molecular flexibility index (Phi) is 5.16. The zero-order valence-electron chi connectivity index (χ0n) is 15.7. The summed E-state index contributed by atoms with van der Waals surface area (Å²) in [5.74, 6) is -2.04. The molecule has 7 nitrogen and oxygen atoms in total. The molecule has 1 aromatic heterocycles. The molecule has 11 heteroatoms. The predicted octanol–water partition coefficient (Wildman–Crippen LogP) is 2.52. The summed E-state index contributed by atoms with van der Waals surface area (Å²) in [5, 5.41) is 0.930. The number of benzene rings is 1. The first-order valence-corrected chi connectivity index (χ1v) is 8.52. The standard InChI is InChI=1S/C18H17F4N5O2/c1-9-6-11(4-5-12(9)19)26(3)16(29)13-8-15(28)25-27(13)17-23-10(2)7-14(24-17)18(20,21)22/h4-7,13H,8H2,1-3H3,(H,25,28). The number of nitrogens with one attached hydrogen (secondary N) is 1. The van der Waals surface area contributed by atoms with Crippen LogP contribution in [0.3, 0.4) is 0 Å². The molecule has 29 heavy (non-hydrogen) atoms. The Morgan fingerprint density at radius 2 is 1.93 bits per heavy atom. The lowest BCUT2D eigenvalue weighted by atomic mass is 10.1. The number of alkyl halides is 3. The SMILES string of the molecule is Cc1cc(C(F)(F)F)nc(N2NC(=O)CC2C(=O)N(C)c2ccc(F)c(C)c2)n1. The monoisotopic (exact) mass is 411 g/mol. The summed E-state index contributed by atoms with van der Waals surface area (Å²) in [6.07, 6.45) is -5.00. The molecule has 0 bridgehead atoms. The van der Waals surface area contributed by atoms with E-state index in [1.54, 1.807) is 0 Å². The van der Waals surface area contributed by atoms with Crippen LogP contribution < -0.4 is 15.3 Å². The zero-order chi connectivity index (χ0) is 21.5. The lowest BCUT2D eigenvalue weighted by molar-refractivity contribution is -0.141. The van der Waals surface area contributed by atoms with Gasteiger partial charge in [-0.1, -0.05) is 0 Å². The average Bonchev–Trinajstić information content (AvgIpc) is 3.03. The second-order valence-corrected chi connectivity index (χ2v) is 6.65. The fourth-order valence-corrected chi connectivity index (χ4v) is 2.91. The van der Waals surface area contributed by atoms with Crippen LogP contribution in [0.1, 0.15) is 23.4 Å². The van der Waals surface area contributed by atoms with E-state index in [2.05, 4.69) is 15.4 Å². The molecular weight excluding hydrogens is 394 g/mol. The first-order valence-electron chi connectivity index (χ1n) is 8.52. The van der Waals surface area contributed by atoms with Gasteiger partial charge in [0.15, 0.2) is 0 Å². The fraction of sp³-hybridized carbons (Fsp3) is 0.333. The lowest BCUT2D eigenvalue weighted by Crippen LogP contribution is -2.48. The van der Waals surface area contributed by atoms with Gasteiger partial charge >= 0.3 is 6.18 Å². The van der Waals surface area contributed by atoms with E-state index in [4.69, 9.17) is 0 Å². The molecule has 1 N–H and O–H groups in total. The largest absolute Gasteiger partial charge is 0.433 e. The zero-order valence-corrected chi connectivity index (χ0v) is 15.7. The van der Waals surface area contributed by atoms with Crippen molar-refractivity contribution in [2.24, 2.45) is 0 Å². The summed E-state index contributed by atoms with van der Waals surface area (Å²) in [5.41, 5.74) is 1.85. The van der Waals surface area contributed by atoms with Crippen molar-refractivity contribution in [2.45, 2.75) is 32.5 Å². The molecule has 0 radical (unpaired) electrons. The van der Waals surface area contributed by atoms with Gasteiger partial charge in [0.1, 0.15) is 17.6 Å². The third-order valence-corrected chi connectivity index (χ3v) is 4.43. The first-order chi connectivity index (χ1) is 13.5. The Morgan fingerprint density at radius 1 is 1.24 bits per heavy atom. The highest BCUT2D eigenvalue weighted by Gasteiger charge is 2.41. The molecule has 2 amide bonds. The summed E-state index contributed by atoms with van der Waals surface area (Å²) in [7, 11) is 1.42.